The molecule has 1 atom stereocenters. The smallest absolute Gasteiger partial charge is 0.379 e. The summed E-state index contributed by atoms with van der Waals surface area (Å²) >= 11 is 0. The van der Waals surface area contributed by atoms with Gasteiger partial charge in [0, 0.05) is 0 Å². The van der Waals surface area contributed by atoms with Crippen molar-refractivity contribution in [2.75, 3.05) is 0 Å². The number of rotatable bonds is 2. The van der Waals surface area contributed by atoms with E-state index in [1.807, 2.05) is 0 Å². The molecular formula is C5H4F3N3O3. The summed E-state index contributed by atoms with van der Waals surface area (Å²) in [7, 11) is 0. The average molecular weight is 211 g/mol. The first-order chi connectivity index (χ1) is 6.34. The van der Waals surface area contributed by atoms with Gasteiger partial charge in [-0.2, -0.15) is 13.2 Å². The van der Waals surface area contributed by atoms with Crippen molar-refractivity contribution in [3.05, 3.63) is 21.9 Å². The molecule has 1 aromatic heterocycles. The van der Waals surface area contributed by atoms with Gasteiger partial charge in [0.2, 0.25) is 0 Å². The molecule has 0 amide bonds. The minimum Gasteiger partial charge on any atom is -0.379 e. The van der Waals surface area contributed by atoms with Crippen LogP contribution in [0.2, 0.25) is 0 Å². The Balaban J connectivity index is 3.07. The standard InChI is InChI=1S/C5H4F3N3O3/c6-5(7,8)3(12)2-1-9-10-4(2)11(13)14/h1,3,12H,(H,9,10). The van der Waals surface area contributed by atoms with Crippen LogP contribution in [-0.4, -0.2) is 26.4 Å². The Hall–Kier alpha value is -1.64. The normalized spacial score (nSPS) is 14.0. The number of halogens is 3. The summed E-state index contributed by atoms with van der Waals surface area (Å²) in [5.41, 5.74) is -0.900. The molecule has 1 unspecified atom stereocenters. The van der Waals surface area contributed by atoms with Crippen molar-refractivity contribution in [1.82, 2.24) is 10.2 Å². The molecule has 14 heavy (non-hydrogen) atoms. The van der Waals surface area contributed by atoms with Crippen LogP contribution in [0.1, 0.15) is 11.7 Å². The van der Waals surface area contributed by atoms with Crippen LogP contribution in [0, 0.1) is 10.1 Å². The highest BCUT2D eigenvalue weighted by Gasteiger charge is 2.43. The molecule has 0 aliphatic rings. The molecule has 0 aliphatic heterocycles. The van der Waals surface area contributed by atoms with Crippen LogP contribution in [0.25, 0.3) is 0 Å². The molecule has 0 radical (unpaired) electrons. The molecule has 1 aromatic rings. The van der Waals surface area contributed by atoms with Crippen molar-refractivity contribution in [3.63, 3.8) is 0 Å². The van der Waals surface area contributed by atoms with Gasteiger partial charge in [-0.05, 0) is 4.92 Å². The van der Waals surface area contributed by atoms with Crippen molar-refractivity contribution in [2.45, 2.75) is 12.3 Å². The van der Waals surface area contributed by atoms with E-state index in [-0.39, 0.29) is 0 Å². The van der Waals surface area contributed by atoms with Crippen molar-refractivity contribution in [2.24, 2.45) is 0 Å². The quantitative estimate of drug-likeness (QED) is 0.561. The Bertz CT molecular complexity index is 347. The third-order valence-electron chi connectivity index (χ3n) is 1.43. The van der Waals surface area contributed by atoms with Gasteiger partial charge in [-0.1, -0.05) is 5.10 Å². The third kappa shape index (κ3) is 1.82. The second-order valence-electron chi connectivity index (χ2n) is 2.38. The van der Waals surface area contributed by atoms with E-state index in [1.165, 1.54) is 0 Å². The molecule has 0 aromatic carbocycles. The summed E-state index contributed by atoms with van der Waals surface area (Å²) in [5, 5.41) is 23.7. The topological polar surface area (TPSA) is 92.0 Å². The highest BCUT2D eigenvalue weighted by molar-refractivity contribution is 5.32. The highest BCUT2D eigenvalue weighted by Crippen LogP contribution is 2.35. The molecule has 0 fully saturated rings. The molecule has 0 spiro atoms. The van der Waals surface area contributed by atoms with Gasteiger partial charge in [-0.15, -0.1) is 5.10 Å². The number of nitrogens with one attached hydrogen (secondary N) is 1. The fourth-order valence-corrected chi connectivity index (χ4v) is 0.811. The highest BCUT2D eigenvalue weighted by atomic mass is 19.4. The minimum atomic E-state index is -4.95. The molecule has 1 rings (SSSR count). The van der Waals surface area contributed by atoms with Crippen LogP contribution >= 0.6 is 0 Å². The number of aliphatic hydroxyl groups excluding tert-OH is 1. The maximum atomic E-state index is 11.9. The van der Waals surface area contributed by atoms with Crippen LogP contribution in [0.4, 0.5) is 19.0 Å². The number of hydrogen-bond donors (Lipinski definition) is 2. The van der Waals surface area contributed by atoms with E-state index in [0.29, 0.717) is 6.20 Å². The molecule has 78 valence electrons. The first kappa shape index (κ1) is 10.4. The third-order valence-corrected chi connectivity index (χ3v) is 1.43. The van der Waals surface area contributed by atoms with Crippen molar-refractivity contribution >= 4 is 5.82 Å². The van der Waals surface area contributed by atoms with Crippen molar-refractivity contribution in [1.29, 1.82) is 0 Å². The molecule has 0 bridgehead atoms. The second kappa shape index (κ2) is 3.25. The van der Waals surface area contributed by atoms with Gasteiger partial charge in [0.25, 0.3) is 0 Å². The van der Waals surface area contributed by atoms with Gasteiger partial charge < -0.3 is 15.2 Å². The van der Waals surface area contributed by atoms with Crippen LogP contribution in [0.5, 0.6) is 0 Å². The summed E-state index contributed by atoms with van der Waals surface area (Å²) in [4.78, 5) is 9.08. The minimum absolute atomic E-state index is 0.566. The Morgan fingerprint density at radius 1 is 1.64 bits per heavy atom. The van der Waals surface area contributed by atoms with E-state index >= 15 is 0 Å². The van der Waals surface area contributed by atoms with E-state index < -0.39 is 28.6 Å². The number of nitro groups is 1. The first-order valence-corrected chi connectivity index (χ1v) is 3.26. The van der Waals surface area contributed by atoms with Gasteiger partial charge in [0.1, 0.15) is 5.56 Å². The molecule has 2 N–H and O–H groups in total. The van der Waals surface area contributed by atoms with Gasteiger partial charge in [0.15, 0.2) is 6.10 Å². The Morgan fingerprint density at radius 2 is 2.21 bits per heavy atom. The fraction of sp³-hybridized carbons (Fsp3) is 0.400. The molecule has 1 heterocycles. The molecular weight excluding hydrogens is 207 g/mol. The van der Waals surface area contributed by atoms with Crippen LogP contribution in [-0.2, 0) is 0 Å². The van der Waals surface area contributed by atoms with Crippen LogP contribution < -0.4 is 0 Å². The summed E-state index contributed by atoms with van der Waals surface area (Å²) in [6.07, 6.45) is -7.29. The van der Waals surface area contributed by atoms with Crippen molar-refractivity contribution < 1.29 is 23.2 Å². The zero-order chi connectivity index (χ0) is 10.9. The predicted octanol–water partition coefficient (Wildman–Crippen LogP) is 0.914. The maximum absolute atomic E-state index is 11.9. The van der Waals surface area contributed by atoms with Crippen molar-refractivity contribution in [3.8, 4) is 0 Å². The molecule has 0 aliphatic carbocycles. The fourth-order valence-electron chi connectivity index (χ4n) is 0.811. The Kier molecular flexibility index (Phi) is 2.43. The average Bonchev–Trinajstić information content (AvgIpc) is 2.48. The van der Waals surface area contributed by atoms with E-state index in [1.54, 1.807) is 5.10 Å². The number of H-pyrrole nitrogens is 1. The largest absolute Gasteiger partial charge is 0.418 e. The van der Waals surface area contributed by atoms with E-state index in [4.69, 9.17) is 5.11 Å². The molecule has 9 heteroatoms. The molecule has 6 nitrogen and oxygen atoms in total. The lowest BCUT2D eigenvalue weighted by molar-refractivity contribution is -0.391. The van der Waals surface area contributed by atoms with Crippen LogP contribution in [0.15, 0.2) is 6.20 Å². The number of aromatic amines is 1. The predicted molar refractivity (Wildman–Crippen MR) is 36.3 cm³/mol. The summed E-state index contributed by atoms with van der Waals surface area (Å²) in [6.45, 7) is 0. The second-order valence-corrected chi connectivity index (χ2v) is 2.38. The lowest BCUT2D eigenvalue weighted by atomic mass is 10.2. The molecule has 0 saturated carbocycles. The molecule has 0 saturated heterocycles. The van der Waals surface area contributed by atoms with Gasteiger partial charge in [0.05, 0.1) is 6.20 Å². The summed E-state index contributed by atoms with van der Waals surface area (Å²) in [5.74, 6) is -0.963. The SMILES string of the molecule is O=[N+]([O-])c1[nH]ncc1C(O)C(F)(F)F. The lowest BCUT2D eigenvalue weighted by Crippen LogP contribution is -2.20. The Labute approximate surface area is 74.5 Å². The number of nitrogens with zero attached hydrogens (tertiary/aromatic N) is 2. The number of alkyl halides is 3. The van der Waals surface area contributed by atoms with E-state index in [9.17, 15) is 23.3 Å². The lowest BCUT2D eigenvalue weighted by Gasteiger charge is -2.11. The zero-order valence-electron chi connectivity index (χ0n) is 6.45. The van der Waals surface area contributed by atoms with Gasteiger partial charge in [-0.3, -0.25) is 0 Å². The maximum Gasteiger partial charge on any atom is 0.418 e. The monoisotopic (exact) mass is 211 g/mol. The number of hydrogen-bond acceptors (Lipinski definition) is 4. The summed E-state index contributed by atoms with van der Waals surface area (Å²) in [6, 6.07) is 0. The summed E-state index contributed by atoms with van der Waals surface area (Å²) < 4.78 is 35.8. The number of aliphatic hydroxyl groups is 1. The van der Waals surface area contributed by atoms with Gasteiger partial charge >= 0.3 is 12.0 Å². The number of aromatic nitrogens is 2. The zero-order valence-corrected chi connectivity index (χ0v) is 6.45. The van der Waals surface area contributed by atoms with E-state index in [0.717, 1.165) is 0 Å². The van der Waals surface area contributed by atoms with E-state index in [2.05, 4.69) is 5.10 Å². The Morgan fingerprint density at radius 3 is 2.64 bits per heavy atom. The van der Waals surface area contributed by atoms with Gasteiger partial charge in [-0.25, -0.2) is 0 Å². The first-order valence-electron chi connectivity index (χ1n) is 3.26. The van der Waals surface area contributed by atoms with Crippen LogP contribution in [0.3, 0.4) is 0 Å².